The van der Waals surface area contributed by atoms with E-state index in [0.717, 1.165) is 17.2 Å². The van der Waals surface area contributed by atoms with Gasteiger partial charge in [-0.2, -0.15) is 0 Å². The summed E-state index contributed by atoms with van der Waals surface area (Å²) in [5.74, 6) is 0.631. The Balaban J connectivity index is 2.10. The summed E-state index contributed by atoms with van der Waals surface area (Å²) in [4.78, 5) is 18.9. The average Bonchev–Trinajstić information content (AvgIpc) is 2.47. The van der Waals surface area contributed by atoms with Crippen molar-refractivity contribution in [2.24, 2.45) is 0 Å². The van der Waals surface area contributed by atoms with Crippen molar-refractivity contribution in [3.05, 3.63) is 60.4 Å². The Labute approximate surface area is 104 Å². The summed E-state index contributed by atoms with van der Waals surface area (Å²) in [7, 11) is 0. The van der Waals surface area contributed by atoms with E-state index in [9.17, 15) is 4.79 Å². The van der Waals surface area contributed by atoms with E-state index in [-0.39, 0.29) is 0 Å². The van der Waals surface area contributed by atoms with E-state index in [4.69, 9.17) is 0 Å². The van der Waals surface area contributed by atoms with Gasteiger partial charge in [-0.3, -0.25) is 4.79 Å². The Hall–Kier alpha value is -2.55. The number of nitrogens with zero attached hydrogens (tertiary/aromatic N) is 2. The molecule has 0 saturated heterocycles. The third-order valence-electron chi connectivity index (χ3n) is 2.82. The van der Waals surface area contributed by atoms with Crippen LogP contribution in [0.1, 0.15) is 10.4 Å². The molecule has 0 N–H and O–H groups in total. The van der Waals surface area contributed by atoms with Crippen LogP contribution in [-0.4, -0.2) is 16.3 Å². The van der Waals surface area contributed by atoms with Gasteiger partial charge in [0.2, 0.25) is 0 Å². The summed E-state index contributed by atoms with van der Waals surface area (Å²) >= 11 is 0. The van der Waals surface area contributed by atoms with Crippen molar-refractivity contribution in [1.29, 1.82) is 0 Å². The van der Waals surface area contributed by atoms with Crippen molar-refractivity contribution in [2.75, 3.05) is 0 Å². The highest BCUT2D eigenvalue weighted by Crippen LogP contribution is 2.21. The lowest BCUT2D eigenvalue weighted by Gasteiger charge is -2.02. The average molecular weight is 234 g/mol. The van der Waals surface area contributed by atoms with Crippen molar-refractivity contribution in [3.63, 3.8) is 0 Å². The fraction of sp³-hybridized carbons (Fsp3) is 0. The quantitative estimate of drug-likeness (QED) is 0.640. The van der Waals surface area contributed by atoms with Crippen LogP contribution in [0, 0.1) is 0 Å². The Morgan fingerprint density at radius 1 is 0.889 bits per heavy atom. The topological polar surface area (TPSA) is 42.9 Å². The number of carbonyl (C=O) groups is 1. The van der Waals surface area contributed by atoms with Crippen LogP contribution in [0.5, 0.6) is 0 Å². The number of carbonyl (C=O) groups excluding carboxylic acids is 1. The molecule has 3 rings (SSSR count). The first kappa shape index (κ1) is 10.6. The van der Waals surface area contributed by atoms with Crippen LogP contribution in [0.3, 0.4) is 0 Å². The standard InChI is InChI=1S/C15H10N2O/c18-10-11-8-16-15(17-9-11)14-6-5-12-3-1-2-4-13(12)7-14/h1-10H. The third kappa shape index (κ3) is 1.86. The third-order valence-corrected chi connectivity index (χ3v) is 2.82. The predicted octanol–water partition coefficient (Wildman–Crippen LogP) is 3.11. The molecule has 3 heteroatoms. The summed E-state index contributed by atoms with van der Waals surface area (Å²) in [6, 6.07) is 14.2. The van der Waals surface area contributed by atoms with Gasteiger partial charge < -0.3 is 0 Å². The number of hydrogen-bond donors (Lipinski definition) is 0. The fourth-order valence-corrected chi connectivity index (χ4v) is 1.88. The van der Waals surface area contributed by atoms with Crippen molar-refractivity contribution in [2.45, 2.75) is 0 Å². The summed E-state index contributed by atoms with van der Waals surface area (Å²) in [5.41, 5.74) is 1.44. The molecule has 18 heavy (non-hydrogen) atoms. The molecule has 0 aliphatic carbocycles. The first-order chi connectivity index (χ1) is 8.86. The van der Waals surface area contributed by atoms with Gasteiger partial charge in [-0.1, -0.05) is 36.4 Å². The lowest BCUT2D eigenvalue weighted by atomic mass is 10.1. The van der Waals surface area contributed by atoms with E-state index in [1.165, 1.54) is 17.8 Å². The van der Waals surface area contributed by atoms with Gasteiger partial charge in [0.1, 0.15) is 0 Å². The van der Waals surface area contributed by atoms with Gasteiger partial charge in [0.05, 0.1) is 5.56 Å². The van der Waals surface area contributed by atoms with E-state index < -0.39 is 0 Å². The van der Waals surface area contributed by atoms with Crippen molar-refractivity contribution in [3.8, 4) is 11.4 Å². The number of aldehydes is 1. The van der Waals surface area contributed by atoms with Crippen LogP contribution in [0.4, 0.5) is 0 Å². The minimum Gasteiger partial charge on any atom is -0.298 e. The lowest BCUT2D eigenvalue weighted by molar-refractivity contribution is 0.112. The molecule has 1 aromatic heterocycles. The Morgan fingerprint density at radius 2 is 1.61 bits per heavy atom. The first-order valence-electron chi connectivity index (χ1n) is 5.63. The Kier molecular flexibility index (Phi) is 2.57. The van der Waals surface area contributed by atoms with Crippen LogP contribution in [0.15, 0.2) is 54.9 Å². The maximum absolute atomic E-state index is 10.5. The highest BCUT2D eigenvalue weighted by Gasteiger charge is 2.02. The van der Waals surface area contributed by atoms with E-state index in [1.807, 2.05) is 30.3 Å². The zero-order chi connectivity index (χ0) is 12.4. The van der Waals surface area contributed by atoms with Crippen molar-refractivity contribution in [1.82, 2.24) is 9.97 Å². The SMILES string of the molecule is O=Cc1cnc(-c2ccc3ccccc3c2)nc1. The number of aromatic nitrogens is 2. The maximum atomic E-state index is 10.5. The van der Waals surface area contributed by atoms with Gasteiger partial charge >= 0.3 is 0 Å². The minimum absolute atomic E-state index is 0.486. The number of fused-ring (bicyclic) bond motifs is 1. The van der Waals surface area contributed by atoms with Crippen LogP contribution >= 0.6 is 0 Å². The van der Waals surface area contributed by atoms with Crippen molar-refractivity contribution < 1.29 is 4.79 Å². The molecule has 86 valence electrons. The summed E-state index contributed by atoms with van der Waals surface area (Å²) in [5, 5.41) is 2.34. The van der Waals surface area contributed by atoms with Crippen LogP contribution in [0.2, 0.25) is 0 Å². The van der Waals surface area contributed by atoms with Crippen molar-refractivity contribution >= 4 is 17.1 Å². The molecule has 3 nitrogen and oxygen atoms in total. The number of rotatable bonds is 2. The molecule has 0 amide bonds. The molecule has 2 aromatic carbocycles. The molecule has 0 aliphatic rings. The maximum Gasteiger partial charge on any atom is 0.159 e. The van der Waals surface area contributed by atoms with Gasteiger partial charge in [-0.15, -0.1) is 0 Å². The zero-order valence-electron chi connectivity index (χ0n) is 9.58. The highest BCUT2D eigenvalue weighted by atomic mass is 16.1. The van der Waals surface area contributed by atoms with Crippen LogP contribution < -0.4 is 0 Å². The normalized spacial score (nSPS) is 10.4. The molecular weight excluding hydrogens is 224 g/mol. The van der Waals surface area contributed by atoms with Crippen LogP contribution in [0.25, 0.3) is 22.2 Å². The first-order valence-corrected chi connectivity index (χ1v) is 5.63. The van der Waals surface area contributed by atoms with Crippen LogP contribution in [-0.2, 0) is 0 Å². The largest absolute Gasteiger partial charge is 0.298 e. The number of benzene rings is 2. The number of hydrogen-bond acceptors (Lipinski definition) is 3. The second-order valence-corrected chi connectivity index (χ2v) is 4.02. The molecule has 0 saturated carbocycles. The minimum atomic E-state index is 0.486. The molecular formula is C15H10N2O. The molecule has 1 heterocycles. The second-order valence-electron chi connectivity index (χ2n) is 4.02. The Morgan fingerprint density at radius 3 is 2.33 bits per heavy atom. The fourth-order valence-electron chi connectivity index (χ4n) is 1.88. The summed E-state index contributed by atoms with van der Waals surface area (Å²) in [6.45, 7) is 0. The molecule has 0 radical (unpaired) electrons. The smallest absolute Gasteiger partial charge is 0.159 e. The molecule has 0 fully saturated rings. The van der Waals surface area contributed by atoms with Gasteiger partial charge in [0.15, 0.2) is 12.1 Å². The van der Waals surface area contributed by atoms with Gasteiger partial charge in [-0.05, 0) is 16.8 Å². The molecule has 3 aromatic rings. The van der Waals surface area contributed by atoms with E-state index in [0.29, 0.717) is 11.4 Å². The van der Waals surface area contributed by atoms with Gasteiger partial charge in [0, 0.05) is 18.0 Å². The molecule has 0 unspecified atom stereocenters. The molecule has 0 spiro atoms. The summed E-state index contributed by atoms with van der Waals surface area (Å²) < 4.78 is 0. The molecule has 0 atom stereocenters. The molecule has 0 aliphatic heterocycles. The highest BCUT2D eigenvalue weighted by molar-refractivity contribution is 5.86. The van der Waals surface area contributed by atoms with E-state index >= 15 is 0 Å². The van der Waals surface area contributed by atoms with E-state index in [1.54, 1.807) is 0 Å². The zero-order valence-corrected chi connectivity index (χ0v) is 9.58. The second kappa shape index (κ2) is 4.37. The van der Waals surface area contributed by atoms with Gasteiger partial charge in [0.25, 0.3) is 0 Å². The monoisotopic (exact) mass is 234 g/mol. The Bertz CT molecular complexity index is 705. The lowest BCUT2D eigenvalue weighted by Crippen LogP contribution is -1.91. The van der Waals surface area contributed by atoms with Gasteiger partial charge in [-0.25, -0.2) is 9.97 Å². The summed E-state index contributed by atoms with van der Waals surface area (Å²) in [6.07, 6.45) is 3.80. The van der Waals surface area contributed by atoms with E-state index in [2.05, 4.69) is 22.1 Å². The molecule has 0 bridgehead atoms. The predicted molar refractivity (Wildman–Crippen MR) is 70.4 cm³/mol.